The number of alkyl halides is 6. The predicted octanol–water partition coefficient (Wildman–Crippen LogP) is 2.26. The van der Waals surface area contributed by atoms with Crippen LogP contribution in [-0.2, 0) is 34.0 Å². The van der Waals surface area contributed by atoms with E-state index < -0.39 is 72.8 Å². The smallest absolute Gasteiger partial charge is 0.450 e. The van der Waals surface area contributed by atoms with Crippen molar-refractivity contribution in [3.63, 3.8) is 0 Å². The lowest BCUT2D eigenvalue weighted by molar-refractivity contribution is -0.247. The lowest BCUT2D eigenvalue weighted by Gasteiger charge is -2.32. The Hall–Kier alpha value is -2.20. The molecule has 0 saturated carbocycles. The van der Waals surface area contributed by atoms with Crippen molar-refractivity contribution in [2.24, 2.45) is 5.92 Å². The van der Waals surface area contributed by atoms with E-state index in [1.54, 1.807) is 0 Å². The number of Topliss-reactive ketones (excluding diaryl/α,β-unsaturated/α-hetero) is 2. The molecule has 0 aliphatic heterocycles. The van der Waals surface area contributed by atoms with Crippen molar-refractivity contribution in [2.75, 3.05) is 0 Å². The summed E-state index contributed by atoms with van der Waals surface area (Å²) in [4.78, 5) is 23.4. The summed E-state index contributed by atoms with van der Waals surface area (Å²) >= 11 is 0. The lowest BCUT2D eigenvalue weighted by atomic mass is 9.92. The average molecular weight is 499 g/mol. The van der Waals surface area contributed by atoms with E-state index in [1.807, 2.05) is 0 Å². The molecule has 1 unspecified atom stereocenters. The van der Waals surface area contributed by atoms with Crippen molar-refractivity contribution < 1.29 is 61.5 Å². The summed E-state index contributed by atoms with van der Waals surface area (Å²) in [6.07, 6.45) is 1.08. The van der Waals surface area contributed by atoms with E-state index in [4.69, 9.17) is 0 Å². The van der Waals surface area contributed by atoms with Gasteiger partial charge in [0.25, 0.3) is 0 Å². The zero-order valence-corrected chi connectivity index (χ0v) is 16.9. The summed E-state index contributed by atoms with van der Waals surface area (Å²) in [6.45, 7) is 4.65. The van der Waals surface area contributed by atoms with Crippen LogP contribution in [0.1, 0.15) is 19.8 Å². The van der Waals surface area contributed by atoms with Crippen molar-refractivity contribution in [1.29, 1.82) is 0 Å². The third-order valence-electron chi connectivity index (χ3n) is 3.86. The first-order chi connectivity index (χ1) is 13.7. The van der Waals surface area contributed by atoms with Gasteiger partial charge in [0.1, 0.15) is 11.5 Å². The van der Waals surface area contributed by atoms with Crippen molar-refractivity contribution in [2.45, 2.75) is 36.2 Å². The minimum Gasteiger partial charge on any atom is -0.743 e. The highest BCUT2D eigenvalue weighted by atomic mass is 32.2. The van der Waals surface area contributed by atoms with E-state index in [-0.39, 0.29) is 5.57 Å². The highest BCUT2D eigenvalue weighted by Crippen LogP contribution is 2.51. The van der Waals surface area contributed by atoms with Crippen LogP contribution in [0.25, 0.3) is 0 Å². The number of rotatable bonds is 10. The standard InChI is InChI=1S/C15H14F6O8S2/c1-8(2)11(22)7-12(23)9-3-5-10(6-4-9)29-31(27,28)15(20,21)13(16,17)14(18,19)30(24,25)26/h3,5-6,9H,1,4,7H2,2H3,(H,24,25,26)/p-1. The van der Waals surface area contributed by atoms with Gasteiger partial charge in [-0.05, 0) is 31.1 Å². The second-order valence-corrected chi connectivity index (χ2v) is 9.26. The van der Waals surface area contributed by atoms with Crippen LogP contribution in [0.3, 0.4) is 0 Å². The van der Waals surface area contributed by atoms with Gasteiger partial charge in [-0.3, -0.25) is 9.59 Å². The topological polar surface area (TPSA) is 135 Å². The highest BCUT2D eigenvalue weighted by Gasteiger charge is 2.81. The van der Waals surface area contributed by atoms with E-state index in [2.05, 4.69) is 10.8 Å². The quantitative estimate of drug-likeness (QED) is 0.147. The van der Waals surface area contributed by atoms with Gasteiger partial charge in [0.15, 0.2) is 15.9 Å². The summed E-state index contributed by atoms with van der Waals surface area (Å²) in [5.74, 6) is -10.6. The third kappa shape index (κ3) is 5.01. The monoisotopic (exact) mass is 499 g/mol. The highest BCUT2D eigenvalue weighted by molar-refractivity contribution is 7.88. The van der Waals surface area contributed by atoms with E-state index in [0.29, 0.717) is 12.2 Å². The largest absolute Gasteiger partial charge is 0.743 e. The van der Waals surface area contributed by atoms with Crippen molar-refractivity contribution >= 4 is 31.8 Å². The molecule has 0 heterocycles. The zero-order valence-electron chi connectivity index (χ0n) is 15.3. The minimum absolute atomic E-state index is 0.0684. The molecule has 0 amide bonds. The zero-order chi connectivity index (χ0) is 24.6. The second-order valence-electron chi connectivity index (χ2n) is 6.25. The third-order valence-corrected chi connectivity index (χ3v) is 6.04. The van der Waals surface area contributed by atoms with Gasteiger partial charge >= 0.3 is 26.5 Å². The fourth-order valence-corrected chi connectivity index (χ4v) is 3.43. The maximum absolute atomic E-state index is 13.7. The minimum atomic E-state index is -7.40. The molecule has 31 heavy (non-hydrogen) atoms. The molecule has 1 aliphatic carbocycles. The molecular weight excluding hydrogens is 486 g/mol. The number of hydrogen-bond acceptors (Lipinski definition) is 8. The molecule has 0 aromatic rings. The van der Waals surface area contributed by atoms with Crippen molar-refractivity contribution in [3.8, 4) is 0 Å². The molecule has 1 rings (SSSR count). The van der Waals surface area contributed by atoms with Crippen LogP contribution in [0.2, 0.25) is 0 Å². The SMILES string of the molecule is C=C(C)C(=O)CC(=O)C1C=CC(OS(=O)(=O)C(F)(F)C(F)(F)C(F)(F)S(=O)(=O)[O-])=CC1. The molecule has 1 atom stereocenters. The van der Waals surface area contributed by atoms with Crippen molar-refractivity contribution in [3.05, 3.63) is 36.1 Å². The number of carbonyl (C=O) groups excluding carboxylic acids is 2. The molecule has 0 fully saturated rings. The Bertz CT molecular complexity index is 1060. The first-order valence-electron chi connectivity index (χ1n) is 7.81. The molecular formula is C15H13F6O8S2-. The van der Waals surface area contributed by atoms with E-state index in [0.717, 1.165) is 6.08 Å². The molecule has 0 N–H and O–H groups in total. The second kappa shape index (κ2) is 8.38. The normalized spacial score (nSPS) is 18.3. The molecule has 16 heteroatoms. The van der Waals surface area contributed by atoms with E-state index in [1.165, 1.54) is 6.92 Å². The summed E-state index contributed by atoms with van der Waals surface area (Å²) in [5, 5.41) is -13.8. The number of hydrogen-bond donors (Lipinski definition) is 0. The molecule has 0 aromatic carbocycles. The van der Waals surface area contributed by atoms with E-state index >= 15 is 0 Å². The maximum atomic E-state index is 13.7. The van der Waals surface area contributed by atoms with Crippen LogP contribution < -0.4 is 0 Å². The van der Waals surface area contributed by atoms with Crippen LogP contribution in [-0.4, -0.2) is 49.4 Å². The Balaban J connectivity index is 3.07. The van der Waals surface area contributed by atoms with Crippen LogP contribution in [0.15, 0.2) is 36.1 Å². The number of allylic oxidation sites excluding steroid dienone is 4. The van der Waals surface area contributed by atoms with Gasteiger partial charge in [-0.25, -0.2) is 8.42 Å². The summed E-state index contributed by atoms with van der Waals surface area (Å²) in [7, 11) is -14.4. The number of halogens is 6. The molecule has 0 radical (unpaired) electrons. The van der Waals surface area contributed by atoms with Gasteiger partial charge < -0.3 is 8.74 Å². The predicted molar refractivity (Wildman–Crippen MR) is 89.3 cm³/mol. The van der Waals surface area contributed by atoms with Crippen LogP contribution in [0.5, 0.6) is 0 Å². The average Bonchev–Trinajstić information content (AvgIpc) is 2.60. The Morgan fingerprint density at radius 2 is 1.65 bits per heavy atom. The van der Waals surface area contributed by atoms with Gasteiger partial charge in [0.2, 0.25) is 0 Å². The Morgan fingerprint density at radius 3 is 2.03 bits per heavy atom. The molecule has 176 valence electrons. The van der Waals surface area contributed by atoms with Gasteiger partial charge in [0, 0.05) is 5.92 Å². The first kappa shape index (κ1) is 26.8. The van der Waals surface area contributed by atoms with Crippen molar-refractivity contribution in [1.82, 2.24) is 0 Å². The Morgan fingerprint density at radius 1 is 1.13 bits per heavy atom. The van der Waals surface area contributed by atoms with Gasteiger partial charge in [-0.1, -0.05) is 12.7 Å². The lowest BCUT2D eigenvalue weighted by Crippen LogP contribution is -2.60. The fraction of sp³-hybridized carbons (Fsp3) is 0.467. The molecule has 1 aliphatic rings. The molecule has 0 saturated heterocycles. The Kier molecular flexibility index (Phi) is 7.26. The first-order valence-corrected chi connectivity index (χ1v) is 10.6. The fourth-order valence-electron chi connectivity index (χ4n) is 2.00. The Labute approximate surface area is 172 Å². The molecule has 0 spiro atoms. The van der Waals surface area contributed by atoms with E-state index in [9.17, 15) is 57.3 Å². The van der Waals surface area contributed by atoms with Crippen LogP contribution in [0.4, 0.5) is 26.3 Å². The summed E-state index contributed by atoms with van der Waals surface area (Å²) in [5.41, 5.74) is 0.0684. The number of ketones is 2. The van der Waals surface area contributed by atoms with Crippen LogP contribution in [0, 0.1) is 5.92 Å². The molecule has 0 bridgehead atoms. The number of carbonyl (C=O) groups is 2. The summed E-state index contributed by atoms with van der Waals surface area (Å²) in [6, 6.07) is 0. The molecule has 0 aromatic heterocycles. The van der Waals surface area contributed by atoms with Crippen LogP contribution >= 0.6 is 0 Å². The maximum Gasteiger partial charge on any atom is 0.450 e. The molecule has 8 nitrogen and oxygen atoms in total. The van der Waals surface area contributed by atoms with Gasteiger partial charge in [-0.2, -0.15) is 34.8 Å². The van der Waals surface area contributed by atoms with Gasteiger partial charge in [-0.15, -0.1) is 0 Å². The summed E-state index contributed by atoms with van der Waals surface area (Å²) < 4.78 is 138. The van der Waals surface area contributed by atoms with Gasteiger partial charge in [0.05, 0.1) is 6.42 Å².